The highest BCUT2D eigenvalue weighted by molar-refractivity contribution is 5.80. The van der Waals surface area contributed by atoms with E-state index in [2.05, 4.69) is 0 Å². The van der Waals surface area contributed by atoms with Gasteiger partial charge in [-0.3, -0.25) is 4.79 Å². The lowest BCUT2D eigenvalue weighted by Gasteiger charge is -2.24. The number of carbonyl (C=O) groups is 1. The second kappa shape index (κ2) is 6.55. The van der Waals surface area contributed by atoms with Crippen LogP contribution in [0, 0.1) is 5.41 Å². The molecular formula is C20H22O3. The summed E-state index contributed by atoms with van der Waals surface area (Å²) >= 11 is 0. The first kappa shape index (κ1) is 15.8. The quantitative estimate of drug-likeness (QED) is 0.863. The molecule has 3 atom stereocenters. The monoisotopic (exact) mass is 310 g/mol. The third kappa shape index (κ3) is 3.30. The maximum Gasteiger partial charge on any atom is 0.315 e. The number of carbonyl (C=O) groups excluding carboxylic acids is 1. The number of cyclic esters (lactones) is 1. The van der Waals surface area contributed by atoms with Crippen LogP contribution in [0.4, 0.5) is 0 Å². The third-order valence-electron chi connectivity index (χ3n) is 4.70. The summed E-state index contributed by atoms with van der Waals surface area (Å²) in [6.45, 7) is 1.80. The summed E-state index contributed by atoms with van der Waals surface area (Å²) < 4.78 is 5.49. The largest absolute Gasteiger partial charge is 0.459 e. The van der Waals surface area contributed by atoms with Gasteiger partial charge in [0.25, 0.3) is 0 Å². The molecule has 0 amide bonds. The van der Waals surface area contributed by atoms with Gasteiger partial charge in [-0.25, -0.2) is 0 Å². The molecule has 2 aromatic carbocycles. The van der Waals surface area contributed by atoms with Crippen LogP contribution in [0.3, 0.4) is 0 Å². The smallest absolute Gasteiger partial charge is 0.315 e. The molecule has 0 unspecified atom stereocenters. The summed E-state index contributed by atoms with van der Waals surface area (Å²) in [6.07, 6.45) is 0.712. The number of aliphatic hydroxyl groups is 1. The highest BCUT2D eigenvalue weighted by Crippen LogP contribution is 2.38. The average molecular weight is 310 g/mol. The second-order valence-electron chi connectivity index (χ2n) is 6.49. The van der Waals surface area contributed by atoms with Crippen molar-refractivity contribution in [2.75, 3.05) is 0 Å². The van der Waals surface area contributed by atoms with Crippen LogP contribution in [0.2, 0.25) is 0 Å². The summed E-state index contributed by atoms with van der Waals surface area (Å²) in [5.74, 6) is -0.299. The Hall–Kier alpha value is -2.13. The number of aryl methyl sites for hydroxylation is 1. The van der Waals surface area contributed by atoms with Crippen molar-refractivity contribution in [2.24, 2.45) is 5.41 Å². The van der Waals surface area contributed by atoms with Crippen LogP contribution in [-0.4, -0.2) is 23.3 Å². The van der Waals surface area contributed by atoms with E-state index in [1.54, 1.807) is 6.92 Å². The standard InChI is InChI=1S/C20H22O3/c1-20(14-16-10-6-3-7-11-16)18(21)17(23-19(20)22)13-12-15-8-4-2-5-9-15/h2-11,17-18,21H,12-14H2,1H3/t17-,18+,20+/m0/s1. The molecule has 3 rings (SSSR count). The van der Waals surface area contributed by atoms with Crippen LogP contribution in [0.5, 0.6) is 0 Å². The van der Waals surface area contributed by atoms with E-state index in [1.165, 1.54) is 5.56 Å². The van der Waals surface area contributed by atoms with E-state index in [1.807, 2.05) is 60.7 Å². The van der Waals surface area contributed by atoms with Crippen molar-refractivity contribution in [3.05, 3.63) is 71.8 Å². The van der Waals surface area contributed by atoms with Gasteiger partial charge in [-0.2, -0.15) is 0 Å². The van der Waals surface area contributed by atoms with E-state index in [0.717, 1.165) is 12.0 Å². The van der Waals surface area contributed by atoms with E-state index in [4.69, 9.17) is 4.74 Å². The zero-order valence-corrected chi connectivity index (χ0v) is 13.3. The number of esters is 1. The molecule has 1 aliphatic rings. The molecule has 0 radical (unpaired) electrons. The molecule has 1 fully saturated rings. The minimum Gasteiger partial charge on any atom is -0.459 e. The molecule has 23 heavy (non-hydrogen) atoms. The first-order valence-corrected chi connectivity index (χ1v) is 8.06. The van der Waals surface area contributed by atoms with Crippen LogP contribution in [0.25, 0.3) is 0 Å². The number of rotatable bonds is 5. The minimum absolute atomic E-state index is 0.299. The predicted molar refractivity (Wildman–Crippen MR) is 88.9 cm³/mol. The van der Waals surface area contributed by atoms with Gasteiger partial charge in [0.15, 0.2) is 0 Å². The molecule has 0 spiro atoms. The third-order valence-corrected chi connectivity index (χ3v) is 4.70. The van der Waals surface area contributed by atoms with E-state index >= 15 is 0 Å². The van der Waals surface area contributed by atoms with E-state index < -0.39 is 17.6 Å². The van der Waals surface area contributed by atoms with E-state index in [0.29, 0.717) is 12.8 Å². The molecule has 0 saturated carbocycles. The van der Waals surface area contributed by atoms with Gasteiger partial charge < -0.3 is 9.84 Å². The molecule has 1 N–H and O–H groups in total. The summed E-state index contributed by atoms with van der Waals surface area (Å²) in [5.41, 5.74) is 1.35. The normalized spacial score (nSPS) is 27.0. The number of aliphatic hydroxyl groups excluding tert-OH is 1. The molecule has 0 bridgehead atoms. The first-order valence-electron chi connectivity index (χ1n) is 8.06. The summed E-state index contributed by atoms with van der Waals surface area (Å²) in [4.78, 5) is 12.4. The molecule has 1 heterocycles. The molecule has 3 nitrogen and oxygen atoms in total. The SMILES string of the molecule is C[C@]1(Cc2ccccc2)C(=O)O[C@@H](CCc2ccccc2)[C@H]1O. The van der Waals surface area contributed by atoms with Gasteiger partial charge in [-0.15, -0.1) is 0 Å². The van der Waals surface area contributed by atoms with Crippen molar-refractivity contribution < 1.29 is 14.6 Å². The summed E-state index contributed by atoms with van der Waals surface area (Å²) in [6, 6.07) is 19.8. The molecule has 0 aliphatic carbocycles. The number of hydrogen-bond acceptors (Lipinski definition) is 3. The predicted octanol–water partition coefficient (Wildman–Crippen LogP) is 3.15. The molecule has 1 aliphatic heterocycles. The Kier molecular flexibility index (Phi) is 4.49. The maximum atomic E-state index is 12.4. The Bertz CT molecular complexity index is 653. The van der Waals surface area contributed by atoms with Crippen LogP contribution < -0.4 is 0 Å². The molecule has 1 saturated heterocycles. The van der Waals surface area contributed by atoms with Gasteiger partial charge >= 0.3 is 5.97 Å². The highest BCUT2D eigenvalue weighted by atomic mass is 16.6. The number of ether oxygens (including phenoxy) is 1. The van der Waals surface area contributed by atoms with Crippen molar-refractivity contribution >= 4 is 5.97 Å². The van der Waals surface area contributed by atoms with E-state index in [9.17, 15) is 9.90 Å². The minimum atomic E-state index is -0.872. The highest BCUT2D eigenvalue weighted by Gasteiger charge is 2.53. The Labute approximate surface area is 136 Å². The van der Waals surface area contributed by atoms with Gasteiger partial charge in [0.1, 0.15) is 12.2 Å². The van der Waals surface area contributed by atoms with Crippen molar-refractivity contribution in [1.29, 1.82) is 0 Å². The van der Waals surface area contributed by atoms with Crippen LogP contribution in [0.1, 0.15) is 24.5 Å². The van der Waals surface area contributed by atoms with Gasteiger partial charge in [-0.05, 0) is 37.3 Å². The van der Waals surface area contributed by atoms with Crippen LogP contribution in [0.15, 0.2) is 60.7 Å². The lowest BCUT2D eigenvalue weighted by Crippen LogP contribution is -2.38. The maximum absolute atomic E-state index is 12.4. The van der Waals surface area contributed by atoms with Crippen molar-refractivity contribution in [1.82, 2.24) is 0 Å². The van der Waals surface area contributed by atoms with Crippen LogP contribution in [-0.2, 0) is 22.4 Å². The molecular weight excluding hydrogens is 288 g/mol. The number of benzene rings is 2. The van der Waals surface area contributed by atoms with Gasteiger partial charge in [0.05, 0.1) is 5.41 Å². The fourth-order valence-corrected chi connectivity index (χ4v) is 3.23. The lowest BCUT2D eigenvalue weighted by atomic mass is 9.78. The Balaban J connectivity index is 1.68. The van der Waals surface area contributed by atoms with Crippen molar-refractivity contribution in [3.63, 3.8) is 0 Å². The fraction of sp³-hybridized carbons (Fsp3) is 0.350. The average Bonchev–Trinajstić information content (AvgIpc) is 2.79. The Morgan fingerprint density at radius 1 is 1.00 bits per heavy atom. The molecule has 0 aromatic heterocycles. The zero-order valence-electron chi connectivity index (χ0n) is 13.3. The van der Waals surface area contributed by atoms with Crippen molar-refractivity contribution in [2.45, 2.75) is 38.4 Å². The van der Waals surface area contributed by atoms with Crippen molar-refractivity contribution in [3.8, 4) is 0 Å². The van der Waals surface area contributed by atoms with Gasteiger partial charge in [0, 0.05) is 0 Å². The summed E-state index contributed by atoms with van der Waals surface area (Å²) in [7, 11) is 0. The Morgan fingerprint density at radius 2 is 1.57 bits per heavy atom. The molecule has 3 heteroatoms. The number of hydrogen-bond donors (Lipinski definition) is 1. The van der Waals surface area contributed by atoms with Gasteiger partial charge in [-0.1, -0.05) is 60.7 Å². The second-order valence-corrected chi connectivity index (χ2v) is 6.49. The Morgan fingerprint density at radius 3 is 2.17 bits per heavy atom. The molecule has 120 valence electrons. The lowest BCUT2D eigenvalue weighted by molar-refractivity contribution is -0.148. The fourth-order valence-electron chi connectivity index (χ4n) is 3.23. The topological polar surface area (TPSA) is 46.5 Å². The summed E-state index contributed by atoms with van der Waals surface area (Å²) in [5, 5.41) is 10.7. The van der Waals surface area contributed by atoms with Crippen LogP contribution >= 0.6 is 0 Å². The first-order chi connectivity index (χ1) is 11.1. The van der Waals surface area contributed by atoms with Gasteiger partial charge in [0.2, 0.25) is 0 Å². The van der Waals surface area contributed by atoms with E-state index in [-0.39, 0.29) is 5.97 Å². The molecule has 2 aromatic rings. The zero-order chi connectivity index (χ0) is 16.3.